The molecule has 0 radical (unpaired) electrons. The molecule has 2 aromatic carbocycles. The van der Waals surface area contributed by atoms with Crippen LogP contribution in [0.2, 0.25) is 5.02 Å². The van der Waals surface area contributed by atoms with Crippen molar-refractivity contribution in [1.82, 2.24) is 0 Å². The maximum Gasteiger partial charge on any atom is 0.227 e. The summed E-state index contributed by atoms with van der Waals surface area (Å²) in [4.78, 5) is 11.9. The number of aliphatic hydroxyl groups is 1. The molecule has 0 aliphatic carbocycles. The maximum atomic E-state index is 11.9. The van der Waals surface area contributed by atoms with Gasteiger partial charge in [-0.05, 0) is 36.2 Å². The van der Waals surface area contributed by atoms with Gasteiger partial charge in [0.05, 0.1) is 12.5 Å². The molecular weight excluding hydrogens is 274 g/mol. The van der Waals surface area contributed by atoms with Crippen LogP contribution < -0.4 is 5.32 Å². The number of benzene rings is 2. The van der Waals surface area contributed by atoms with Gasteiger partial charge in [-0.1, -0.05) is 41.9 Å². The molecule has 1 atom stereocenters. The first-order valence-corrected chi connectivity index (χ1v) is 6.73. The second-order valence-corrected chi connectivity index (χ2v) is 5.07. The largest absolute Gasteiger partial charge is 0.388 e. The van der Waals surface area contributed by atoms with Gasteiger partial charge >= 0.3 is 0 Å². The number of aryl methyl sites for hydroxylation is 1. The van der Waals surface area contributed by atoms with E-state index < -0.39 is 6.10 Å². The Labute approximate surface area is 123 Å². The second kappa shape index (κ2) is 6.55. The van der Waals surface area contributed by atoms with Crippen LogP contribution in [0.5, 0.6) is 0 Å². The number of carbonyl (C=O) groups excluding carboxylic acids is 1. The summed E-state index contributed by atoms with van der Waals surface area (Å²) in [6, 6.07) is 14.3. The van der Waals surface area contributed by atoms with Crippen molar-refractivity contribution in [3.63, 3.8) is 0 Å². The number of amides is 1. The van der Waals surface area contributed by atoms with Crippen LogP contribution in [0.15, 0.2) is 48.5 Å². The number of halogens is 1. The van der Waals surface area contributed by atoms with Gasteiger partial charge in [-0.2, -0.15) is 0 Å². The van der Waals surface area contributed by atoms with Crippen LogP contribution in [0.25, 0.3) is 0 Å². The van der Waals surface area contributed by atoms with Crippen LogP contribution in [0, 0.1) is 6.92 Å². The number of para-hydroxylation sites is 1. The number of carbonyl (C=O) groups is 1. The lowest BCUT2D eigenvalue weighted by Crippen LogP contribution is -2.16. The van der Waals surface area contributed by atoms with Crippen molar-refractivity contribution in [2.75, 3.05) is 5.32 Å². The van der Waals surface area contributed by atoms with E-state index in [1.165, 1.54) is 0 Å². The van der Waals surface area contributed by atoms with Crippen LogP contribution in [-0.4, -0.2) is 11.0 Å². The molecule has 0 aromatic heterocycles. The minimum absolute atomic E-state index is 0.00989. The lowest BCUT2D eigenvalue weighted by Gasteiger charge is -2.12. The number of aliphatic hydroxyl groups excluding tert-OH is 1. The molecule has 104 valence electrons. The molecule has 2 N–H and O–H groups in total. The molecule has 20 heavy (non-hydrogen) atoms. The zero-order valence-electron chi connectivity index (χ0n) is 11.1. The highest BCUT2D eigenvalue weighted by Gasteiger charge is 2.13. The van der Waals surface area contributed by atoms with Crippen molar-refractivity contribution in [1.29, 1.82) is 0 Å². The van der Waals surface area contributed by atoms with Gasteiger partial charge in [-0.25, -0.2) is 0 Å². The lowest BCUT2D eigenvalue weighted by molar-refractivity contribution is -0.118. The fourth-order valence-corrected chi connectivity index (χ4v) is 2.02. The summed E-state index contributed by atoms with van der Waals surface area (Å²) in [7, 11) is 0. The molecule has 0 saturated heterocycles. The summed E-state index contributed by atoms with van der Waals surface area (Å²) in [5.74, 6) is -0.221. The number of hydrogen-bond donors (Lipinski definition) is 2. The van der Waals surface area contributed by atoms with Crippen LogP contribution in [0.3, 0.4) is 0 Å². The third kappa shape index (κ3) is 3.83. The van der Waals surface area contributed by atoms with Crippen molar-refractivity contribution in [2.24, 2.45) is 0 Å². The lowest BCUT2D eigenvalue weighted by atomic mass is 10.1. The fraction of sp³-hybridized carbons (Fsp3) is 0.188. The predicted octanol–water partition coefficient (Wildman–Crippen LogP) is 3.71. The van der Waals surface area contributed by atoms with Crippen LogP contribution in [0.1, 0.15) is 23.7 Å². The van der Waals surface area contributed by atoms with Crippen LogP contribution in [0.4, 0.5) is 5.69 Å². The standard InChI is InChI=1S/C16H16ClNO2/c1-11-4-2-3-5-14(11)18-16(20)10-15(19)12-6-8-13(17)9-7-12/h2-9,15,19H,10H2,1H3,(H,18,20). The monoisotopic (exact) mass is 289 g/mol. The molecule has 0 aliphatic rings. The van der Waals surface area contributed by atoms with Gasteiger partial charge in [-0.3, -0.25) is 4.79 Å². The summed E-state index contributed by atoms with van der Waals surface area (Å²) in [6.07, 6.45) is -0.827. The van der Waals surface area contributed by atoms with Crippen molar-refractivity contribution in [3.8, 4) is 0 Å². The Morgan fingerprint density at radius 1 is 1.20 bits per heavy atom. The van der Waals surface area contributed by atoms with Crippen molar-refractivity contribution < 1.29 is 9.90 Å². The van der Waals surface area contributed by atoms with E-state index in [1.807, 2.05) is 31.2 Å². The average Bonchev–Trinajstić information content (AvgIpc) is 2.42. The molecule has 0 heterocycles. The first-order valence-electron chi connectivity index (χ1n) is 6.35. The predicted molar refractivity (Wildman–Crippen MR) is 80.8 cm³/mol. The molecule has 1 unspecified atom stereocenters. The van der Waals surface area contributed by atoms with Crippen LogP contribution >= 0.6 is 11.6 Å². The molecule has 2 aromatic rings. The molecule has 2 rings (SSSR count). The van der Waals surface area contributed by atoms with Crippen molar-refractivity contribution >= 4 is 23.2 Å². The zero-order chi connectivity index (χ0) is 14.5. The van der Waals surface area contributed by atoms with E-state index in [9.17, 15) is 9.90 Å². The number of hydrogen-bond acceptors (Lipinski definition) is 2. The van der Waals surface area contributed by atoms with Crippen LogP contribution in [-0.2, 0) is 4.79 Å². The molecule has 0 saturated carbocycles. The summed E-state index contributed by atoms with van der Waals surface area (Å²) in [5.41, 5.74) is 2.43. The van der Waals surface area contributed by atoms with E-state index in [0.29, 0.717) is 10.6 Å². The first kappa shape index (κ1) is 14.6. The summed E-state index contributed by atoms with van der Waals surface area (Å²) in [5, 5.41) is 13.4. The third-order valence-electron chi connectivity index (χ3n) is 3.05. The Kier molecular flexibility index (Phi) is 4.77. The second-order valence-electron chi connectivity index (χ2n) is 4.63. The highest BCUT2D eigenvalue weighted by atomic mass is 35.5. The van der Waals surface area contributed by atoms with Gasteiger partial charge in [0, 0.05) is 10.7 Å². The fourth-order valence-electron chi connectivity index (χ4n) is 1.89. The SMILES string of the molecule is Cc1ccccc1NC(=O)CC(O)c1ccc(Cl)cc1. The van der Waals surface area contributed by atoms with Gasteiger partial charge < -0.3 is 10.4 Å². The zero-order valence-corrected chi connectivity index (χ0v) is 11.9. The molecule has 3 nitrogen and oxygen atoms in total. The normalized spacial score (nSPS) is 11.9. The van der Waals surface area contributed by atoms with Gasteiger partial charge in [-0.15, -0.1) is 0 Å². The van der Waals surface area contributed by atoms with Gasteiger partial charge in [0.25, 0.3) is 0 Å². The van der Waals surface area contributed by atoms with Gasteiger partial charge in [0.15, 0.2) is 0 Å². The van der Waals surface area contributed by atoms with Gasteiger partial charge in [0.1, 0.15) is 0 Å². The van der Waals surface area contributed by atoms with E-state index in [0.717, 1.165) is 11.3 Å². The van der Waals surface area contributed by atoms with E-state index in [4.69, 9.17) is 11.6 Å². The molecule has 4 heteroatoms. The quantitative estimate of drug-likeness (QED) is 0.901. The number of rotatable bonds is 4. The average molecular weight is 290 g/mol. The topological polar surface area (TPSA) is 49.3 Å². The Bertz CT molecular complexity index is 596. The van der Waals surface area contributed by atoms with E-state index in [1.54, 1.807) is 24.3 Å². The summed E-state index contributed by atoms with van der Waals surface area (Å²) in [6.45, 7) is 1.92. The maximum absolute atomic E-state index is 11.9. The number of nitrogens with one attached hydrogen (secondary N) is 1. The first-order chi connectivity index (χ1) is 9.56. The number of anilines is 1. The molecule has 0 spiro atoms. The Morgan fingerprint density at radius 3 is 2.50 bits per heavy atom. The molecule has 0 aliphatic heterocycles. The smallest absolute Gasteiger partial charge is 0.227 e. The van der Waals surface area contributed by atoms with Crippen molar-refractivity contribution in [2.45, 2.75) is 19.4 Å². The highest BCUT2D eigenvalue weighted by molar-refractivity contribution is 6.30. The van der Waals surface area contributed by atoms with E-state index >= 15 is 0 Å². The van der Waals surface area contributed by atoms with E-state index in [-0.39, 0.29) is 12.3 Å². The van der Waals surface area contributed by atoms with Gasteiger partial charge in [0.2, 0.25) is 5.91 Å². The third-order valence-corrected chi connectivity index (χ3v) is 3.30. The Balaban J connectivity index is 1.98. The van der Waals surface area contributed by atoms with Crippen molar-refractivity contribution in [3.05, 3.63) is 64.7 Å². The molecule has 0 fully saturated rings. The molecule has 0 bridgehead atoms. The summed E-state index contributed by atoms with van der Waals surface area (Å²) >= 11 is 5.79. The minimum Gasteiger partial charge on any atom is -0.388 e. The minimum atomic E-state index is -0.837. The van der Waals surface area contributed by atoms with E-state index in [2.05, 4.69) is 5.32 Å². The molecule has 1 amide bonds. The summed E-state index contributed by atoms with van der Waals surface area (Å²) < 4.78 is 0. The molecular formula is C16H16ClNO2. The Hall–Kier alpha value is -1.84. The highest BCUT2D eigenvalue weighted by Crippen LogP contribution is 2.20. The Morgan fingerprint density at radius 2 is 1.85 bits per heavy atom.